The van der Waals surface area contributed by atoms with Crippen molar-refractivity contribution in [2.45, 2.75) is 6.54 Å². The van der Waals surface area contributed by atoms with Crippen LogP contribution in [0.5, 0.6) is 5.75 Å². The van der Waals surface area contributed by atoms with Crippen LogP contribution in [0.1, 0.15) is 26.4 Å². The van der Waals surface area contributed by atoms with Gasteiger partial charge < -0.3 is 20.1 Å². The highest BCUT2D eigenvalue weighted by Gasteiger charge is 2.18. The normalized spacial score (nSPS) is 10.9. The molecule has 0 radical (unpaired) electrons. The van der Waals surface area contributed by atoms with Gasteiger partial charge in [0.2, 0.25) is 0 Å². The van der Waals surface area contributed by atoms with Crippen molar-refractivity contribution >= 4 is 45.8 Å². The average molecular weight is 607 g/mol. The van der Waals surface area contributed by atoms with Gasteiger partial charge in [0.1, 0.15) is 36.0 Å². The number of hydroxylamine groups is 1. The third-order valence-electron chi connectivity index (χ3n) is 6.15. The predicted molar refractivity (Wildman–Crippen MR) is 153 cm³/mol. The average Bonchev–Trinajstić information content (AvgIpc) is 3.52. The van der Waals surface area contributed by atoms with E-state index in [4.69, 9.17) is 26.3 Å². The van der Waals surface area contributed by atoms with Gasteiger partial charge in [0.05, 0.1) is 23.3 Å². The number of nitrogens with zero attached hydrogens (tertiary/aromatic N) is 5. The van der Waals surface area contributed by atoms with E-state index in [1.54, 1.807) is 36.9 Å². The van der Waals surface area contributed by atoms with E-state index in [0.29, 0.717) is 40.5 Å². The van der Waals surface area contributed by atoms with E-state index < -0.39 is 17.6 Å². The number of fused-ring (bicyclic) bond motifs is 1. The Bertz CT molecular complexity index is 1780. The lowest BCUT2D eigenvalue weighted by Gasteiger charge is -2.14. The van der Waals surface area contributed by atoms with E-state index in [-0.39, 0.29) is 29.4 Å². The van der Waals surface area contributed by atoms with E-state index in [2.05, 4.69) is 30.8 Å². The number of hydrogen-bond donors (Lipinski definition) is 4. The topological polar surface area (TPSA) is 165 Å². The molecular formula is C28H24ClFN8O5. The summed E-state index contributed by atoms with van der Waals surface area (Å²) in [5, 5.41) is 23.8. The monoisotopic (exact) mass is 606 g/mol. The second-order valence-electron chi connectivity index (χ2n) is 8.99. The molecule has 13 nitrogen and oxygen atoms in total. The molecule has 0 atom stereocenters. The molecule has 0 saturated carbocycles. The molecule has 3 aromatic carbocycles. The number of aromatic nitrogens is 5. The molecule has 2 aromatic heterocycles. The van der Waals surface area contributed by atoms with Crippen LogP contribution >= 0.6 is 11.6 Å². The van der Waals surface area contributed by atoms with Crippen molar-refractivity contribution in [3.63, 3.8) is 0 Å². The number of methoxy groups -OCH3 is 1. The van der Waals surface area contributed by atoms with E-state index >= 15 is 0 Å². The van der Waals surface area contributed by atoms with Crippen molar-refractivity contribution in [3.05, 3.63) is 94.8 Å². The van der Waals surface area contributed by atoms with Crippen molar-refractivity contribution in [1.82, 2.24) is 35.8 Å². The molecular weight excluding hydrogens is 583 g/mol. The van der Waals surface area contributed by atoms with Crippen LogP contribution in [0.15, 0.2) is 67.1 Å². The predicted octanol–water partition coefficient (Wildman–Crippen LogP) is 3.82. The second kappa shape index (κ2) is 13.2. The fourth-order valence-corrected chi connectivity index (χ4v) is 4.16. The lowest BCUT2D eigenvalue weighted by atomic mass is 10.1. The van der Waals surface area contributed by atoms with Gasteiger partial charge in [-0.1, -0.05) is 23.7 Å². The minimum Gasteiger partial charge on any atom is -0.489 e. The van der Waals surface area contributed by atoms with Gasteiger partial charge >= 0.3 is 0 Å². The summed E-state index contributed by atoms with van der Waals surface area (Å²) in [5.41, 5.74) is 4.05. The first-order valence-corrected chi connectivity index (χ1v) is 13.1. The van der Waals surface area contributed by atoms with Crippen LogP contribution in [0.2, 0.25) is 5.02 Å². The highest BCUT2D eigenvalue weighted by molar-refractivity contribution is 6.31. The molecule has 0 unspecified atom stereocenters. The zero-order chi connectivity index (χ0) is 30.3. The summed E-state index contributed by atoms with van der Waals surface area (Å²) in [6.45, 7) is 0.714. The summed E-state index contributed by atoms with van der Waals surface area (Å²) in [5.74, 6) is -0.876. The van der Waals surface area contributed by atoms with Gasteiger partial charge in [0.15, 0.2) is 5.69 Å². The molecule has 43 heavy (non-hydrogen) atoms. The van der Waals surface area contributed by atoms with Crippen molar-refractivity contribution in [3.8, 4) is 11.4 Å². The molecule has 220 valence electrons. The van der Waals surface area contributed by atoms with Crippen molar-refractivity contribution < 1.29 is 28.7 Å². The summed E-state index contributed by atoms with van der Waals surface area (Å²) >= 11 is 5.94. The minimum absolute atomic E-state index is 0.0443. The first kappa shape index (κ1) is 29.3. The van der Waals surface area contributed by atoms with E-state index in [1.807, 2.05) is 0 Å². The van der Waals surface area contributed by atoms with Crippen molar-refractivity contribution in [1.29, 1.82) is 0 Å². The lowest BCUT2D eigenvalue weighted by Crippen LogP contribution is -2.23. The highest BCUT2D eigenvalue weighted by Crippen LogP contribution is 2.32. The largest absolute Gasteiger partial charge is 0.489 e. The second-order valence-corrected chi connectivity index (χ2v) is 9.40. The van der Waals surface area contributed by atoms with Crippen LogP contribution in [-0.2, 0) is 11.3 Å². The molecule has 15 heteroatoms. The molecule has 4 N–H and O–H groups in total. The number of nitrogens with one attached hydrogen (secondary N) is 3. The number of carbonyl (C=O) groups excluding carboxylic acids is 2. The Labute approximate surface area is 248 Å². The number of benzene rings is 3. The van der Waals surface area contributed by atoms with Gasteiger partial charge in [-0.25, -0.2) is 19.8 Å². The maximum Gasteiger partial charge on any atom is 0.274 e. The molecule has 5 rings (SSSR count). The summed E-state index contributed by atoms with van der Waals surface area (Å²) < 4.78 is 24.7. The Hall–Kier alpha value is -5.18. The van der Waals surface area contributed by atoms with Gasteiger partial charge in [-0.3, -0.25) is 14.8 Å². The minimum atomic E-state index is -0.638. The van der Waals surface area contributed by atoms with E-state index in [9.17, 15) is 14.0 Å². The third kappa shape index (κ3) is 6.83. The Morgan fingerprint density at radius 2 is 1.86 bits per heavy atom. The zero-order valence-corrected chi connectivity index (χ0v) is 23.3. The van der Waals surface area contributed by atoms with Crippen LogP contribution in [0.3, 0.4) is 0 Å². The van der Waals surface area contributed by atoms with Gasteiger partial charge in [0.25, 0.3) is 11.8 Å². The molecule has 0 spiro atoms. The summed E-state index contributed by atoms with van der Waals surface area (Å²) in [4.78, 5) is 34.3. The molecule has 0 fully saturated rings. The molecule has 5 aromatic rings. The summed E-state index contributed by atoms with van der Waals surface area (Å²) in [6.07, 6.45) is 2.69. The molecule has 2 amide bonds. The summed E-state index contributed by atoms with van der Waals surface area (Å²) in [7, 11) is 1.55. The molecule has 0 bridgehead atoms. The van der Waals surface area contributed by atoms with Crippen molar-refractivity contribution in [2.75, 3.05) is 25.6 Å². The molecule has 2 heterocycles. The van der Waals surface area contributed by atoms with Gasteiger partial charge in [-0.15, -0.1) is 9.90 Å². The molecule has 0 aliphatic rings. The lowest BCUT2D eigenvalue weighted by molar-refractivity contribution is 0.0706. The van der Waals surface area contributed by atoms with Gasteiger partial charge in [0, 0.05) is 36.4 Å². The van der Waals surface area contributed by atoms with Gasteiger partial charge in [-0.05, 0) is 42.0 Å². The number of rotatable bonds is 11. The molecule has 0 aliphatic carbocycles. The maximum absolute atomic E-state index is 13.7. The number of halogens is 2. The van der Waals surface area contributed by atoms with E-state index in [0.717, 1.165) is 5.56 Å². The number of ether oxygens (including phenoxy) is 2. The highest BCUT2D eigenvalue weighted by atomic mass is 35.5. The first-order valence-electron chi connectivity index (χ1n) is 12.7. The SMILES string of the molecule is COCCOc1cc2ncnc(Nc3ccc(F)c(Cl)c3)c2cc1-n1ncc(C(=O)NCc2ccc(C(=O)NO)cc2)n1. The van der Waals surface area contributed by atoms with Crippen LogP contribution in [0, 0.1) is 5.82 Å². The Morgan fingerprint density at radius 3 is 2.60 bits per heavy atom. The third-order valence-corrected chi connectivity index (χ3v) is 6.44. The number of hydrogen-bond acceptors (Lipinski definition) is 10. The molecule has 0 saturated heterocycles. The Kier molecular flexibility index (Phi) is 9.00. The van der Waals surface area contributed by atoms with Gasteiger partial charge in [-0.2, -0.15) is 5.10 Å². The zero-order valence-electron chi connectivity index (χ0n) is 22.5. The molecule has 0 aliphatic heterocycles. The van der Waals surface area contributed by atoms with Crippen LogP contribution < -0.4 is 20.9 Å². The fourth-order valence-electron chi connectivity index (χ4n) is 3.98. The Morgan fingerprint density at radius 1 is 1.05 bits per heavy atom. The smallest absolute Gasteiger partial charge is 0.274 e. The van der Waals surface area contributed by atoms with Crippen LogP contribution in [-0.4, -0.2) is 62.3 Å². The number of amides is 2. The quantitative estimate of drug-likeness (QED) is 0.0986. The fraction of sp³-hybridized carbons (Fsp3) is 0.143. The Balaban J connectivity index is 1.41. The standard InChI is InChI=1S/C28H24ClFN8O5/c1-42-8-9-43-25-12-22-19(26(33-15-32-22)35-18-6-7-21(30)20(29)10-18)11-24(25)38-34-14-23(36-38)28(40)31-13-16-2-4-17(5-3-16)27(39)37-41/h2-7,10-12,14-15,41H,8-9,13H2,1H3,(H,31,40)(H,37,39)(H,32,33,35). The van der Waals surface area contributed by atoms with Crippen LogP contribution in [0.4, 0.5) is 15.9 Å². The van der Waals surface area contributed by atoms with Crippen molar-refractivity contribution in [2.24, 2.45) is 0 Å². The first-order chi connectivity index (χ1) is 20.9. The van der Waals surface area contributed by atoms with Crippen LogP contribution in [0.25, 0.3) is 16.6 Å². The van der Waals surface area contributed by atoms with E-state index in [1.165, 1.54) is 47.7 Å². The number of anilines is 2. The summed E-state index contributed by atoms with van der Waals surface area (Å²) in [6, 6.07) is 13.9. The maximum atomic E-state index is 13.7. The number of carbonyl (C=O) groups is 2.